The van der Waals surface area contributed by atoms with Crippen molar-refractivity contribution in [2.75, 3.05) is 0 Å². The van der Waals surface area contributed by atoms with Gasteiger partial charge in [-0.3, -0.25) is 0 Å². The summed E-state index contributed by atoms with van der Waals surface area (Å²) >= 11 is -2.40. The van der Waals surface area contributed by atoms with E-state index in [1.165, 1.54) is 63.8 Å². The Hall–Kier alpha value is 0.209. The Morgan fingerprint density at radius 2 is 1.54 bits per heavy atom. The second-order valence-corrected chi connectivity index (χ2v) is 24.0. The molecule has 2 saturated carbocycles. The summed E-state index contributed by atoms with van der Waals surface area (Å²) in [7, 11) is 0. The molecule has 0 heterocycles. The second kappa shape index (κ2) is 9.61. The summed E-state index contributed by atoms with van der Waals surface area (Å²) < 4.78 is 5.35. The average Bonchev–Trinajstić information content (AvgIpc) is 2.93. The number of fused-ring (bicyclic) bond motifs is 1. The third kappa shape index (κ3) is 4.28. The molecule has 1 nitrogen and oxygen atoms in total. The zero-order valence-electron chi connectivity index (χ0n) is 18.3. The molecule has 0 radical (unpaired) electrons. The Kier molecular flexibility index (Phi) is 8.32. The Bertz CT molecular complexity index is 475. The van der Waals surface area contributed by atoms with E-state index >= 15 is 0 Å². The minimum absolute atomic E-state index is 0.126. The Labute approximate surface area is 167 Å². The fraction of sp³-hybridized carbons (Fsp3) is 0.875. The molecule has 0 bridgehead atoms. The molecule has 0 N–H and O–H groups in total. The van der Waals surface area contributed by atoms with E-state index in [1.54, 1.807) is 0 Å². The molecule has 2 fully saturated rings. The van der Waals surface area contributed by atoms with Crippen molar-refractivity contribution in [3.8, 4) is 0 Å². The normalized spacial score (nSPS) is 32.1. The van der Waals surface area contributed by atoms with Gasteiger partial charge in [0, 0.05) is 0 Å². The number of allylic oxidation sites excluding steroid dienone is 1. The predicted molar refractivity (Wildman–Crippen MR) is 117 cm³/mol. The zero-order chi connectivity index (χ0) is 19.4. The molecule has 2 heteroatoms. The van der Waals surface area contributed by atoms with Gasteiger partial charge in [0.15, 0.2) is 0 Å². The van der Waals surface area contributed by atoms with Crippen molar-refractivity contribution in [2.24, 2.45) is 17.3 Å². The molecule has 0 aromatic rings. The molecule has 0 aromatic carbocycles. The number of hydrogen-bond acceptors (Lipinski definition) is 1. The van der Waals surface area contributed by atoms with Gasteiger partial charge in [0.2, 0.25) is 0 Å². The molecule has 4 atom stereocenters. The molecule has 0 saturated heterocycles. The van der Waals surface area contributed by atoms with E-state index in [0.29, 0.717) is 11.7 Å². The van der Waals surface area contributed by atoms with Crippen LogP contribution in [0.3, 0.4) is 0 Å². The average molecular weight is 467 g/mol. The fourth-order valence-corrected chi connectivity index (χ4v) is 26.6. The fourth-order valence-electron chi connectivity index (χ4n) is 6.33. The molecule has 26 heavy (non-hydrogen) atoms. The third-order valence-electron chi connectivity index (χ3n) is 8.22. The first kappa shape index (κ1) is 22.5. The van der Waals surface area contributed by atoms with Crippen LogP contribution in [-0.4, -0.2) is 24.2 Å². The van der Waals surface area contributed by atoms with Crippen molar-refractivity contribution in [1.82, 2.24) is 0 Å². The zero-order valence-corrected chi connectivity index (χ0v) is 21.2. The summed E-state index contributed by atoms with van der Waals surface area (Å²) in [5, 5.41) is 0. The van der Waals surface area contributed by atoms with Crippen molar-refractivity contribution in [3.05, 3.63) is 12.2 Å². The molecule has 150 valence electrons. The first-order valence-electron chi connectivity index (χ1n) is 11.6. The van der Waals surface area contributed by atoms with E-state index in [9.17, 15) is 4.79 Å². The van der Waals surface area contributed by atoms with Gasteiger partial charge in [-0.15, -0.1) is 0 Å². The summed E-state index contributed by atoms with van der Waals surface area (Å²) in [4.78, 5) is 13.4. The summed E-state index contributed by atoms with van der Waals surface area (Å²) in [6.07, 6.45) is 11.6. The van der Waals surface area contributed by atoms with Crippen LogP contribution in [0.5, 0.6) is 0 Å². The number of rotatable bonds is 10. The van der Waals surface area contributed by atoms with Gasteiger partial charge >= 0.3 is 168 Å². The number of Topliss-reactive ketones (excluding diaryl/α,β-unsaturated/α-hetero) is 1. The molecule has 0 aliphatic heterocycles. The first-order chi connectivity index (χ1) is 12.4. The van der Waals surface area contributed by atoms with E-state index in [0.717, 1.165) is 16.8 Å². The van der Waals surface area contributed by atoms with E-state index in [1.807, 2.05) is 0 Å². The third-order valence-corrected chi connectivity index (χ3v) is 26.3. The molecular weight excluding hydrogens is 423 g/mol. The van der Waals surface area contributed by atoms with Crippen LogP contribution in [0.25, 0.3) is 0 Å². The molecular formula is C24H44OSn. The van der Waals surface area contributed by atoms with E-state index in [-0.39, 0.29) is 11.3 Å². The predicted octanol–water partition coefficient (Wildman–Crippen LogP) is 7.79. The van der Waals surface area contributed by atoms with Crippen LogP contribution in [0.2, 0.25) is 17.2 Å². The van der Waals surface area contributed by atoms with E-state index in [2.05, 4.69) is 41.2 Å². The number of hydrogen-bond donors (Lipinski definition) is 0. The van der Waals surface area contributed by atoms with Gasteiger partial charge in [0.1, 0.15) is 0 Å². The number of carbonyl (C=O) groups is 1. The Balaban J connectivity index is 2.39. The van der Waals surface area contributed by atoms with Gasteiger partial charge in [-0.1, -0.05) is 0 Å². The van der Waals surface area contributed by atoms with Crippen LogP contribution in [0.15, 0.2) is 12.2 Å². The maximum atomic E-state index is 13.4. The first-order valence-corrected chi connectivity index (χ1v) is 19.3. The summed E-state index contributed by atoms with van der Waals surface area (Å²) in [6, 6.07) is 0. The summed E-state index contributed by atoms with van der Waals surface area (Å²) in [5.74, 6) is 1.24. The maximum absolute atomic E-state index is 13.4. The molecule has 2 aliphatic carbocycles. The Morgan fingerprint density at radius 1 is 1.04 bits per heavy atom. The topological polar surface area (TPSA) is 17.1 Å². The van der Waals surface area contributed by atoms with Gasteiger partial charge in [-0.05, 0) is 0 Å². The van der Waals surface area contributed by atoms with Crippen LogP contribution in [0, 0.1) is 17.3 Å². The molecule has 0 aromatic heterocycles. The Morgan fingerprint density at radius 3 is 2.00 bits per heavy atom. The van der Waals surface area contributed by atoms with Crippen molar-refractivity contribution in [2.45, 2.75) is 110 Å². The van der Waals surface area contributed by atoms with Crippen LogP contribution in [0.4, 0.5) is 0 Å². The molecule has 0 spiro atoms. The van der Waals surface area contributed by atoms with Gasteiger partial charge in [0.25, 0.3) is 0 Å². The van der Waals surface area contributed by atoms with Crippen molar-refractivity contribution in [1.29, 1.82) is 0 Å². The molecule has 0 unspecified atom stereocenters. The summed E-state index contributed by atoms with van der Waals surface area (Å²) in [5.41, 5.74) is 1.52. The molecule has 2 rings (SSSR count). The van der Waals surface area contributed by atoms with Crippen molar-refractivity contribution < 1.29 is 4.79 Å². The van der Waals surface area contributed by atoms with Crippen LogP contribution < -0.4 is 0 Å². The van der Waals surface area contributed by atoms with Crippen LogP contribution >= 0.6 is 0 Å². The summed E-state index contributed by atoms with van der Waals surface area (Å²) in [6.45, 7) is 16.2. The van der Waals surface area contributed by atoms with Crippen LogP contribution in [-0.2, 0) is 4.79 Å². The number of ketones is 1. The van der Waals surface area contributed by atoms with Gasteiger partial charge in [-0.25, -0.2) is 0 Å². The van der Waals surface area contributed by atoms with Crippen molar-refractivity contribution in [3.63, 3.8) is 0 Å². The van der Waals surface area contributed by atoms with E-state index < -0.39 is 18.4 Å². The van der Waals surface area contributed by atoms with Crippen molar-refractivity contribution >= 4 is 24.2 Å². The molecule has 0 amide bonds. The quantitative estimate of drug-likeness (QED) is 0.237. The number of unbranched alkanes of at least 4 members (excludes halogenated alkanes) is 3. The van der Waals surface area contributed by atoms with Gasteiger partial charge < -0.3 is 0 Å². The molecule has 2 aliphatic rings. The van der Waals surface area contributed by atoms with Gasteiger partial charge in [0.05, 0.1) is 0 Å². The minimum atomic E-state index is -2.40. The monoisotopic (exact) mass is 468 g/mol. The second-order valence-electron chi connectivity index (χ2n) is 9.79. The van der Waals surface area contributed by atoms with Gasteiger partial charge in [-0.2, -0.15) is 0 Å². The van der Waals surface area contributed by atoms with Crippen LogP contribution in [0.1, 0.15) is 92.4 Å². The standard InChI is InChI=1S/C12H17O.3C4H9.Sn/c1-8-6-7-12(3)9(2)4-5-10(12)11(8)13;3*1-3-4-2;/h6,8,10H,2,4-5,7H2,1,3H3;3*1,3-4H2,2H3;/t8-,10-,12-;;;;/m0..../s1. The van der Waals surface area contributed by atoms with E-state index in [4.69, 9.17) is 0 Å². The number of carbonyl (C=O) groups excluding carboxylic acids is 1. The SMILES string of the molecule is C=C1CC[C@H]2C(=O)[C@@H](C)[C@H]([Sn]([CH2]CCC)([CH2]CCC)[CH2]CCC)C[C@@]12C.